The smallest absolute Gasteiger partial charge is 0.133 e. The van der Waals surface area contributed by atoms with Gasteiger partial charge in [-0.3, -0.25) is 0 Å². The lowest BCUT2D eigenvalue weighted by molar-refractivity contribution is 0.403. The van der Waals surface area contributed by atoms with E-state index in [9.17, 15) is 0 Å². The van der Waals surface area contributed by atoms with Crippen LogP contribution in [0.1, 0.15) is 0 Å². The fourth-order valence-corrected chi connectivity index (χ4v) is 4.25. The highest BCUT2D eigenvalue weighted by Crippen LogP contribution is 2.27. The molecule has 0 heterocycles. The molecule has 0 saturated carbocycles. The molecular formula is C10H14BrO2Si. The molecule has 1 aromatic carbocycles. The number of halogens is 1. The second-order valence-corrected chi connectivity index (χ2v) is 6.45. The first kappa shape index (κ1) is 11.6. The number of rotatable bonds is 3. The third-order valence-electron chi connectivity index (χ3n) is 2.01. The van der Waals surface area contributed by atoms with Crippen LogP contribution in [0.15, 0.2) is 16.6 Å². The van der Waals surface area contributed by atoms with E-state index in [1.165, 1.54) is 5.19 Å². The summed E-state index contributed by atoms with van der Waals surface area (Å²) < 4.78 is 11.6. The lowest BCUT2D eigenvalue weighted by atomic mass is 10.3. The molecule has 0 saturated heterocycles. The first-order valence-corrected chi connectivity index (χ1v) is 7.62. The quantitative estimate of drug-likeness (QED) is 0.788. The van der Waals surface area contributed by atoms with E-state index in [1.807, 2.05) is 12.1 Å². The zero-order chi connectivity index (χ0) is 10.7. The summed E-state index contributed by atoms with van der Waals surface area (Å²) in [5.74, 6) is 1.81. The summed E-state index contributed by atoms with van der Waals surface area (Å²) in [5.41, 5.74) is 0. The highest BCUT2D eigenvalue weighted by atomic mass is 79.9. The van der Waals surface area contributed by atoms with Gasteiger partial charge in [-0.1, -0.05) is 13.1 Å². The van der Waals surface area contributed by atoms with E-state index < -0.39 is 8.80 Å². The minimum Gasteiger partial charge on any atom is -0.497 e. The summed E-state index contributed by atoms with van der Waals surface area (Å²) in [7, 11) is 2.80. The SMILES string of the molecule is COc1ccc(OC)c([Si](C)C)c1Br. The molecule has 0 unspecified atom stereocenters. The van der Waals surface area contributed by atoms with E-state index in [4.69, 9.17) is 9.47 Å². The van der Waals surface area contributed by atoms with Crippen LogP contribution >= 0.6 is 15.9 Å². The number of hydrogen-bond donors (Lipinski definition) is 0. The zero-order valence-corrected chi connectivity index (χ0v) is 11.4. The van der Waals surface area contributed by atoms with Gasteiger partial charge >= 0.3 is 0 Å². The molecule has 0 bridgehead atoms. The van der Waals surface area contributed by atoms with Gasteiger partial charge in [0.05, 0.1) is 27.5 Å². The maximum atomic E-state index is 5.33. The Morgan fingerprint density at radius 1 is 1.07 bits per heavy atom. The second-order valence-electron chi connectivity index (χ2n) is 3.16. The minimum absolute atomic E-state index is 0.568. The zero-order valence-electron chi connectivity index (χ0n) is 8.85. The molecule has 1 rings (SSSR count). The average Bonchev–Trinajstić information content (AvgIpc) is 2.16. The van der Waals surface area contributed by atoms with E-state index in [-0.39, 0.29) is 0 Å². The lowest BCUT2D eigenvalue weighted by Gasteiger charge is -2.15. The Kier molecular flexibility index (Phi) is 4.01. The van der Waals surface area contributed by atoms with E-state index >= 15 is 0 Å². The molecule has 4 heteroatoms. The number of methoxy groups -OCH3 is 2. The van der Waals surface area contributed by atoms with Gasteiger partial charge in [-0.25, -0.2) is 0 Å². The fraction of sp³-hybridized carbons (Fsp3) is 0.400. The highest BCUT2D eigenvalue weighted by Gasteiger charge is 2.16. The maximum Gasteiger partial charge on any atom is 0.133 e. The molecule has 0 aromatic heterocycles. The Morgan fingerprint density at radius 3 is 2.00 bits per heavy atom. The van der Waals surface area contributed by atoms with E-state index in [0.717, 1.165) is 16.0 Å². The Labute approximate surface area is 95.0 Å². The Morgan fingerprint density at radius 2 is 1.57 bits per heavy atom. The van der Waals surface area contributed by atoms with Crippen LogP contribution in [-0.4, -0.2) is 23.0 Å². The van der Waals surface area contributed by atoms with Crippen molar-refractivity contribution in [3.63, 3.8) is 0 Å². The molecule has 0 spiro atoms. The number of hydrogen-bond acceptors (Lipinski definition) is 2. The third-order valence-corrected chi connectivity index (χ3v) is 4.66. The maximum absolute atomic E-state index is 5.33. The first-order chi connectivity index (χ1) is 6.61. The molecule has 0 N–H and O–H groups in total. The van der Waals surface area contributed by atoms with Crippen LogP contribution in [0.5, 0.6) is 11.5 Å². The molecule has 0 aliphatic carbocycles. The number of benzene rings is 1. The van der Waals surface area contributed by atoms with Crippen LogP contribution in [0.25, 0.3) is 0 Å². The monoisotopic (exact) mass is 273 g/mol. The van der Waals surface area contributed by atoms with Crippen LogP contribution in [-0.2, 0) is 0 Å². The Hall–Kier alpha value is -0.483. The minimum atomic E-state index is -0.568. The molecule has 1 radical (unpaired) electrons. The van der Waals surface area contributed by atoms with E-state index in [1.54, 1.807) is 14.2 Å². The van der Waals surface area contributed by atoms with Crippen molar-refractivity contribution >= 4 is 29.9 Å². The standard InChI is InChI=1S/C10H14BrO2Si/c1-12-7-5-6-8(13-2)10(9(7)11)14(3)4/h5-6H,1-4H3. The van der Waals surface area contributed by atoms with Crippen molar-refractivity contribution in [3.8, 4) is 11.5 Å². The van der Waals surface area contributed by atoms with Gasteiger partial charge in [0, 0.05) is 0 Å². The van der Waals surface area contributed by atoms with Crippen molar-refractivity contribution in [2.45, 2.75) is 13.1 Å². The van der Waals surface area contributed by atoms with Crippen molar-refractivity contribution in [3.05, 3.63) is 16.6 Å². The van der Waals surface area contributed by atoms with Crippen LogP contribution in [0.4, 0.5) is 0 Å². The highest BCUT2D eigenvalue weighted by molar-refractivity contribution is 9.10. The van der Waals surface area contributed by atoms with Gasteiger partial charge < -0.3 is 9.47 Å². The molecular weight excluding hydrogens is 260 g/mol. The van der Waals surface area contributed by atoms with Crippen molar-refractivity contribution in [1.29, 1.82) is 0 Å². The topological polar surface area (TPSA) is 18.5 Å². The van der Waals surface area contributed by atoms with Gasteiger partial charge in [0.15, 0.2) is 0 Å². The Balaban J connectivity index is 3.31. The molecule has 14 heavy (non-hydrogen) atoms. The van der Waals surface area contributed by atoms with Crippen LogP contribution in [0.2, 0.25) is 13.1 Å². The molecule has 1 aromatic rings. The Bertz CT molecular complexity index is 326. The summed E-state index contributed by atoms with van der Waals surface area (Å²) in [5, 5.41) is 1.25. The normalized spacial score (nSPS) is 10.4. The predicted octanol–water partition coefficient (Wildman–Crippen LogP) is 2.43. The van der Waals surface area contributed by atoms with Crippen molar-refractivity contribution in [2.75, 3.05) is 14.2 Å². The summed E-state index contributed by atoms with van der Waals surface area (Å²) in [4.78, 5) is 0. The average molecular weight is 274 g/mol. The largest absolute Gasteiger partial charge is 0.497 e. The molecule has 0 fully saturated rings. The van der Waals surface area contributed by atoms with E-state index in [2.05, 4.69) is 29.0 Å². The third kappa shape index (κ3) is 2.12. The molecule has 2 nitrogen and oxygen atoms in total. The van der Waals surface area contributed by atoms with Crippen molar-refractivity contribution in [2.24, 2.45) is 0 Å². The molecule has 0 atom stereocenters. The van der Waals surface area contributed by atoms with E-state index in [0.29, 0.717) is 0 Å². The van der Waals surface area contributed by atoms with Gasteiger partial charge in [-0.05, 0) is 33.2 Å². The summed E-state index contributed by atoms with van der Waals surface area (Å²) in [6.45, 7) is 4.46. The van der Waals surface area contributed by atoms with Crippen LogP contribution < -0.4 is 14.7 Å². The van der Waals surface area contributed by atoms with Crippen LogP contribution in [0, 0.1) is 0 Å². The van der Waals surface area contributed by atoms with Gasteiger partial charge in [0.2, 0.25) is 0 Å². The predicted molar refractivity (Wildman–Crippen MR) is 64.4 cm³/mol. The van der Waals surface area contributed by atoms with Crippen molar-refractivity contribution in [1.82, 2.24) is 0 Å². The molecule has 0 amide bonds. The van der Waals surface area contributed by atoms with Crippen molar-refractivity contribution < 1.29 is 9.47 Å². The van der Waals surface area contributed by atoms with Gasteiger partial charge in [0.25, 0.3) is 0 Å². The van der Waals surface area contributed by atoms with Gasteiger partial charge in [0.1, 0.15) is 11.5 Å². The molecule has 77 valence electrons. The number of ether oxygens (including phenoxy) is 2. The van der Waals surface area contributed by atoms with Crippen LogP contribution in [0.3, 0.4) is 0 Å². The summed E-state index contributed by atoms with van der Waals surface area (Å²) >= 11 is 3.55. The summed E-state index contributed by atoms with van der Waals surface area (Å²) in [6, 6.07) is 3.87. The first-order valence-electron chi connectivity index (χ1n) is 4.32. The summed E-state index contributed by atoms with van der Waals surface area (Å²) in [6.07, 6.45) is 0. The second kappa shape index (κ2) is 4.84. The lowest BCUT2D eigenvalue weighted by Crippen LogP contribution is -2.26. The van der Waals surface area contributed by atoms with Gasteiger partial charge in [-0.15, -0.1) is 0 Å². The fourth-order valence-electron chi connectivity index (χ4n) is 1.33. The molecule has 0 aliphatic heterocycles. The van der Waals surface area contributed by atoms with Gasteiger partial charge in [-0.2, -0.15) is 0 Å². The molecule has 0 aliphatic rings.